The van der Waals surface area contributed by atoms with Crippen LogP contribution in [-0.2, 0) is 0 Å². The summed E-state index contributed by atoms with van der Waals surface area (Å²) in [5.74, 6) is -1.69. The number of aromatic nitrogens is 1. The van der Waals surface area contributed by atoms with Gasteiger partial charge in [-0.15, -0.1) is 0 Å². The van der Waals surface area contributed by atoms with Crippen LogP contribution in [0, 0.1) is 5.82 Å². The zero-order valence-corrected chi connectivity index (χ0v) is 7.72. The molecule has 0 atom stereocenters. The number of nitrogens with zero attached hydrogens (tertiary/aromatic N) is 1. The topological polar surface area (TPSA) is 42.2 Å². The van der Waals surface area contributed by atoms with E-state index in [0.717, 1.165) is 6.07 Å². The van der Waals surface area contributed by atoms with Crippen molar-refractivity contribution in [2.75, 3.05) is 0 Å². The first-order valence-corrected chi connectivity index (χ1v) is 4.34. The third-order valence-corrected chi connectivity index (χ3v) is 2.03. The monoisotopic (exact) mass is 205 g/mol. The molecule has 0 amide bonds. The molecule has 76 valence electrons. The minimum atomic E-state index is -1.14. The van der Waals surface area contributed by atoms with E-state index in [9.17, 15) is 9.18 Å². The molecule has 0 saturated carbocycles. The summed E-state index contributed by atoms with van der Waals surface area (Å²) in [5.41, 5.74) is 0.441. The lowest BCUT2D eigenvalue weighted by atomic mass is 10.2. The number of carboxylic acids is 1. The molecule has 2 rings (SSSR count). The fourth-order valence-electron chi connectivity index (χ4n) is 1.35. The summed E-state index contributed by atoms with van der Waals surface area (Å²) in [7, 11) is 0. The summed E-state index contributed by atoms with van der Waals surface area (Å²) >= 11 is 0. The van der Waals surface area contributed by atoms with Crippen molar-refractivity contribution >= 4 is 5.97 Å². The molecule has 15 heavy (non-hydrogen) atoms. The summed E-state index contributed by atoms with van der Waals surface area (Å²) in [6, 6.07) is 7.27. The van der Waals surface area contributed by atoms with E-state index in [-0.39, 0.29) is 5.56 Å². The SMILES string of the molecule is O=C(O)c1cc(F)cc(-n2cccc2)c1. The van der Waals surface area contributed by atoms with Gasteiger partial charge in [-0.1, -0.05) is 0 Å². The smallest absolute Gasteiger partial charge is 0.335 e. The first-order valence-electron chi connectivity index (χ1n) is 4.34. The summed E-state index contributed by atoms with van der Waals surface area (Å²) < 4.78 is 14.8. The maximum atomic E-state index is 13.1. The predicted molar refractivity (Wildman–Crippen MR) is 52.7 cm³/mol. The number of halogens is 1. The van der Waals surface area contributed by atoms with Crippen LogP contribution in [0.3, 0.4) is 0 Å². The zero-order valence-electron chi connectivity index (χ0n) is 7.72. The van der Waals surface area contributed by atoms with Gasteiger partial charge < -0.3 is 9.67 Å². The van der Waals surface area contributed by atoms with Gasteiger partial charge in [0.25, 0.3) is 0 Å². The van der Waals surface area contributed by atoms with Gasteiger partial charge in [0.05, 0.1) is 5.56 Å². The van der Waals surface area contributed by atoms with Gasteiger partial charge in [-0.25, -0.2) is 9.18 Å². The number of benzene rings is 1. The van der Waals surface area contributed by atoms with Crippen LogP contribution in [0.4, 0.5) is 4.39 Å². The molecule has 1 aromatic heterocycles. The van der Waals surface area contributed by atoms with E-state index in [1.54, 1.807) is 29.1 Å². The minimum Gasteiger partial charge on any atom is -0.478 e. The molecular weight excluding hydrogens is 197 g/mol. The summed E-state index contributed by atoms with van der Waals surface area (Å²) in [5, 5.41) is 8.76. The molecule has 0 radical (unpaired) electrons. The van der Waals surface area contributed by atoms with Gasteiger partial charge in [-0.2, -0.15) is 0 Å². The van der Waals surface area contributed by atoms with Crippen LogP contribution >= 0.6 is 0 Å². The van der Waals surface area contributed by atoms with E-state index in [2.05, 4.69) is 0 Å². The highest BCUT2D eigenvalue weighted by Gasteiger charge is 2.07. The lowest BCUT2D eigenvalue weighted by Crippen LogP contribution is -2.00. The Morgan fingerprint density at radius 1 is 1.20 bits per heavy atom. The van der Waals surface area contributed by atoms with Crippen LogP contribution in [0.5, 0.6) is 0 Å². The van der Waals surface area contributed by atoms with Crippen molar-refractivity contribution in [3.8, 4) is 5.69 Å². The van der Waals surface area contributed by atoms with Gasteiger partial charge in [0.1, 0.15) is 5.82 Å². The molecule has 2 aromatic rings. The first kappa shape index (κ1) is 9.45. The number of carboxylic acid groups (broad SMARTS) is 1. The van der Waals surface area contributed by atoms with Gasteiger partial charge in [-0.3, -0.25) is 0 Å². The number of rotatable bonds is 2. The van der Waals surface area contributed by atoms with E-state index in [1.165, 1.54) is 12.1 Å². The molecule has 0 saturated heterocycles. The quantitative estimate of drug-likeness (QED) is 0.817. The number of hydrogen-bond donors (Lipinski definition) is 1. The highest BCUT2D eigenvalue weighted by molar-refractivity contribution is 5.88. The summed E-state index contributed by atoms with van der Waals surface area (Å²) in [4.78, 5) is 10.7. The molecule has 1 heterocycles. The van der Waals surface area contributed by atoms with E-state index in [1.807, 2.05) is 0 Å². The molecule has 1 N–H and O–H groups in total. The third-order valence-electron chi connectivity index (χ3n) is 2.03. The lowest BCUT2D eigenvalue weighted by Gasteiger charge is -2.04. The highest BCUT2D eigenvalue weighted by atomic mass is 19.1. The fraction of sp³-hybridized carbons (Fsp3) is 0. The van der Waals surface area contributed by atoms with Crippen molar-refractivity contribution in [2.45, 2.75) is 0 Å². The molecule has 0 fully saturated rings. The Morgan fingerprint density at radius 3 is 2.47 bits per heavy atom. The number of aromatic carboxylic acids is 1. The molecule has 0 spiro atoms. The summed E-state index contributed by atoms with van der Waals surface area (Å²) in [6.07, 6.45) is 3.45. The highest BCUT2D eigenvalue weighted by Crippen LogP contribution is 2.13. The molecule has 0 aliphatic rings. The van der Waals surface area contributed by atoms with Crippen LogP contribution in [0.2, 0.25) is 0 Å². The van der Waals surface area contributed by atoms with Gasteiger partial charge in [0, 0.05) is 18.1 Å². The van der Waals surface area contributed by atoms with Crippen molar-refractivity contribution in [1.82, 2.24) is 4.57 Å². The van der Waals surface area contributed by atoms with Gasteiger partial charge in [0.15, 0.2) is 0 Å². The number of carbonyl (C=O) groups is 1. The van der Waals surface area contributed by atoms with Crippen LogP contribution in [0.1, 0.15) is 10.4 Å². The van der Waals surface area contributed by atoms with E-state index in [4.69, 9.17) is 5.11 Å². The molecule has 0 aliphatic carbocycles. The summed E-state index contributed by atoms with van der Waals surface area (Å²) in [6.45, 7) is 0. The normalized spacial score (nSPS) is 10.2. The minimum absolute atomic E-state index is 0.0568. The average molecular weight is 205 g/mol. The maximum Gasteiger partial charge on any atom is 0.335 e. The van der Waals surface area contributed by atoms with Crippen LogP contribution in [0.15, 0.2) is 42.7 Å². The Hall–Kier alpha value is -2.10. The Morgan fingerprint density at radius 2 is 1.87 bits per heavy atom. The van der Waals surface area contributed by atoms with Crippen LogP contribution in [-0.4, -0.2) is 15.6 Å². The lowest BCUT2D eigenvalue weighted by molar-refractivity contribution is 0.0696. The fourth-order valence-corrected chi connectivity index (χ4v) is 1.35. The first-order chi connectivity index (χ1) is 7.16. The predicted octanol–water partition coefficient (Wildman–Crippen LogP) is 2.31. The second kappa shape index (κ2) is 3.57. The third kappa shape index (κ3) is 1.88. The zero-order chi connectivity index (χ0) is 10.8. The second-order valence-corrected chi connectivity index (χ2v) is 3.09. The largest absolute Gasteiger partial charge is 0.478 e. The molecule has 0 aliphatic heterocycles. The van der Waals surface area contributed by atoms with Crippen molar-refractivity contribution < 1.29 is 14.3 Å². The van der Waals surface area contributed by atoms with Crippen molar-refractivity contribution in [1.29, 1.82) is 0 Å². The molecule has 3 nitrogen and oxygen atoms in total. The Kier molecular flexibility index (Phi) is 2.25. The van der Waals surface area contributed by atoms with Crippen LogP contribution in [0.25, 0.3) is 5.69 Å². The maximum absolute atomic E-state index is 13.1. The average Bonchev–Trinajstić information content (AvgIpc) is 2.69. The van der Waals surface area contributed by atoms with Crippen molar-refractivity contribution in [3.05, 3.63) is 54.1 Å². The molecule has 0 bridgehead atoms. The number of hydrogen-bond acceptors (Lipinski definition) is 1. The van der Waals surface area contributed by atoms with E-state index < -0.39 is 11.8 Å². The standard InChI is InChI=1S/C11H8FNO2/c12-9-5-8(11(14)15)6-10(7-9)13-3-1-2-4-13/h1-7H,(H,14,15). The van der Waals surface area contributed by atoms with E-state index in [0.29, 0.717) is 5.69 Å². The van der Waals surface area contributed by atoms with Gasteiger partial charge in [0.2, 0.25) is 0 Å². The van der Waals surface area contributed by atoms with Gasteiger partial charge in [-0.05, 0) is 30.3 Å². The second-order valence-electron chi connectivity index (χ2n) is 3.09. The van der Waals surface area contributed by atoms with Crippen molar-refractivity contribution in [2.24, 2.45) is 0 Å². The molecule has 1 aromatic carbocycles. The molecular formula is C11H8FNO2. The Bertz CT molecular complexity index is 491. The molecule has 0 unspecified atom stereocenters. The molecule has 4 heteroatoms. The van der Waals surface area contributed by atoms with Crippen molar-refractivity contribution in [3.63, 3.8) is 0 Å². The van der Waals surface area contributed by atoms with E-state index >= 15 is 0 Å². The Labute approximate surface area is 85.4 Å². The Balaban J connectivity index is 2.54. The van der Waals surface area contributed by atoms with Gasteiger partial charge >= 0.3 is 5.97 Å². The van der Waals surface area contributed by atoms with Crippen LogP contribution < -0.4 is 0 Å².